The maximum atomic E-state index is 5.87. The summed E-state index contributed by atoms with van der Waals surface area (Å²) in [6.07, 6.45) is 0. The van der Waals surface area contributed by atoms with Crippen molar-refractivity contribution in [1.29, 1.82) is 0 Å². The monoisotopic (exact) mass is 321 g/mol. The minimum atomic E-state index is 0.807. The fourth-order valence-corrected chi connectivity index (χ4v) is 3.26. The maximum Gasteiger partial charge on any atom is 0.0320 e. The molecule has 0 saturated heterocycles. The van der Waals surface area contributed by atoms with Crippen molar-refractivity contribution in [2.45, 2.75) is 0 Å². The molecule has 0 unspecified atom stereocenters. The van der Waals surface area contributed by atoms with E-state index >= 15 is 0 Å². The van der Waals surface area contributed by atoms with E-state index in [0.717, 1.165) is 10.2 Å². The molecule has 0 aliphatic heterocycles. The van der Waals surface area contributed by atoms with Gasteiger partial charge in [-0.3, -0.25) is 0 Å². The average Bonchev–Trinajstić information content (AvgIpc) is 2.45. The first-order valence-corrected chi connectivity index (χ1v) is 7.32. The summed E-state index contributed by atoms with van der Waals surface area (Å²) in [7, 11) is 0. The van der Waals surface area contributed by atoms with E-state index in [9.17, 15) is 0 Å². The van der Waals surface area contributed by atoms with E-state index < -0.39 is 0 Å². The fourth-order valence-electron chi connectivity index (χ4n) is 2.88. The second kappa shape index (κ2) is 4.22. The third kappa shape index (κ3) is 1.69. The van der Waals surface area contributed by atoms with Crippen LogP contribution in [0, 0.1) is 0 Å². The number of rotatable bonds is 0. The van der Waals surface area contributed by atoms with Crippen LogP contribution in [-0.4, -0.2) is 0 Å². The van der Waals surface area contributed by atoms with Crippen molar-refractivity contribution >= 4 is 53.9 Å². The van der Waals surface area contributed by atoms with E-state index in [2.05, 4.69) is 64.5 Å². The van der Waals surface area contributed by atoms with E-state index in [1.54, 1.807) is 0 Å². The standard InChI is InChI=1S/C18H12BrN/c19-13-3-7-15-11(9-13)1-5-18-16-8-4-14(20)10-12(16)2-6-17(15)18/h1-10H,20H2. The van der Waals surface area contributed by atoms with Gasteiger partial charge in [-0.05, 0) is 56.6 Å². The van der Waals surface area contributed by atoms with Gasteiger partial charge in [-0.2, -0.15) is 0 Å². The smallest absolute Gasteiger partial charge is 0.0320 e. The molecule has 2 N–H and O–H groups in total. The summed E-state index contributed by atoms with van der Waals surface area (Å²) in [6, 6.07) is 21.2. The highest BCUT2D eigenvalue weighted by Crippen LogP contribution is 2.32. The highest BCUT2D eigenvalue weighted by Gasteiger charge is 2.05. The van der Waals surface area contributed by atoms with Crippen molar-refractivity contribution in [3.63, 3.8) is 0 Å². The van der Waals surface area contributed by atoms with Crippen LogP contribution in [0.2, 0.25) is 0 Å². The SMILES string of the molecule is Nc1ccc2c(ccc3c4ccc(Br)cc4ccc23)c1. The van der Waals surface area contributed by atoms with Gasteiger partial charge in [-0.25, -0.2) is 0 Å². The van der Waals surface area contributed by atoms with Gasteiger partial charge in [-0.15, -0.1) is 0 Å². The molecule has 0 saturated carbocycles. The van der Waals surface area contributed by atoms with E-state index in [1.165, 1.54) is 32.3 Å². The van der Waals surface area contributed by atoms with Gasteiger partial charge >= 0.3 is 0 Å². The van der Waals surface area contributed by atoms with Crippen LogP contribution in [0.5, 0.6) is 0 Å². The number of fused-ring (bicyclic) bond motifs is 5. The summed E-state index contributed by atoms with van der Waals surface area (Å²) < 4.78 is 1.11. The Bertz CT molecular complexity index is 892. The third-order valence-corrected chi connectivity index (χ3v) is 4.31. The number of hydrogen-bond acceptors (Lipinski definition) is 1. The predicted molar refractivity (Wildman–Crippen MR) is 91.1 cm³/mol. The average molecular weight is 322 g/mol. The van der Waals surface area contributed by atoms with E-state index in [4.69, 9.17) is 5.73 Å². The molecule has 4 aromatic rings. The third-order valence-electron chi connectivity index (χ3n) is 3.82. The van der Waals surface area contributed by atoms with Crippen molar-refractivity contribution in [1.82, 2.24) is 0 Å². The van der Waals surface area contributed by atoms with Gasteiger partial charge in [0, 0.05) is 10.2 Å². The lowest BCUT2D eigenvalue weighted by molar-refractivity contribution is 1.72. The van der Waals surface area contributed by atoms with Gasteiger partial charge in [0.05, 0.1) is 0 Å². The Morgan fingerprint density at radius 1 is 0.600 bits per heavy atom. The Morgan fingerprint density at radius 2 is 1.15 bits per heavy atom. The van der Waals surface area contributed by atoms with Crippen LogP contribution in [0.3, 0.4) is 0 Å². The minimum Gasteiger partial charge on any atom is -0.399 e. The molecule has 2 heteroatoms. The summed E-state index contributed by atoms with van der Waals surface area (Å²) >= 11 is 3.53. The molecule has 0 aliphatic rings. The quantitative estimate of drug-likeness (QED) is 0.336. The van der Waals surface area contributed by atoms with E-state index in [-0.39, 0.29) is 0 Å². The van der Waals surface area contributed by atoms with Gasteiger partial charge in [0.1, 0.15) is 0 Å². The molecule has 0 bridgehead atoms. The highest BCUT2D eigenvalue weighted by molar-refractivity contribution is 9.10. The first kappa shape index (κ1) is 11.7. The Labute approximate surface area is 125 Å². The van der Waals surface area contributed by atoms with Gasteiger partial charge in [-0.1, -0.05) is 52.3 Å². The molecule has 96 valence electrons. The molecule has 1 nitrogen and oxygen atoms in total. The summed E-state index contributed by atoms with van der Waals surface area (Å²) in [5, 5.41) is 7.53. The normalized spacial score (nSPS) is 11.4. The van der Waals surface area contributed by atoms with Gasteiger partial charge in [0.2, 0.25) is 0 Å². The van der Waals surface area contributed by atoms with E-state index in [0.29, 0.717) is 0 Å². The first-order chi connectivity index (χ1) is 9.72. The van der Waals surface area contributed by atoms with Crippen LogP contribution >= 0.6 is 15.9 Å². The maximum absolute atomic E-state index is 5.87. The second-order valence-electron chi connectivity index (χ2n) is 5.07. The van der Waals surface area contributed by atoms with Gasteiger partial charge < -0.3 is 5.73 Å². The number of anilines is 1. The first-order valence-electron chi connectivity index (χ1n) is 6.53. The summed E-state index contributed by atoms with van der Waals surface area (Å²) in [5.41, 5.74) is 6.68. The van der Waals surface area contributed by atoms with Crippen LogP contribution < -0.4 is 5.73 Å². The molecule has 0 aliphatic carbocycles. The van der Waals surface area contributed by atoms with Gasteiger partial charge in [0.25, 0.3) is 0 Å². The van der Waals surface area contributed by atoms with Gasteiger partial charge in [0.15, 0.2) is 0 Å². The van der Waals surface area contributed by atoms with Crippen LogP contribution in [0.1, 0.15) is 0 Å². The van der Waals surface area contributed by atoms with Crippen LogP contribution in [0.4, 0.5) is 5.69 Å². The summed E-state index contributed by atoms with van der Waals surface area (Å²) in [5.74, 6) is 0. The molecule has 0 atom stereocenters. The zero-order chi connectivity index (χ0) is 13.7. The molecule has 0 fully saturated rings. The molecule has 0 amide bonds. The lowest BCUT2D eigenvalue weighted by atomic mass is 9.97. The van der Waals surface area contributed by atoms with Crippen LogP contribution in [0.25, 0.3) is 32.3 Å². The number of hydrogen-bond donors (Lipinski definition) is 1. The molecule has 0 spiro atoms. The number of benzene rings is 4. The van der Waals surface area contributed by atoms with Crippen molar-refractivity contribution in [2.24, 2.45) is 0 Å². The highest BCUT2D eigenvalue weighted by atomic mass is 79.9. The van der Waals surface area contributed by atoms with E-state index in [1.807, 2.05) is 12.1 Å². The summed E-state index contributed by atoms with van der Waals surface area (Å²) in [4.78, 5) is 0. The minimum absolute atomic E-state index is 0.807. The number of nitrogens with two attached hydrogens (primary N) is 1. The molecule has 4 aromatic carbocycles. The Hall–Kier alpha value is -2.06. The molecule has 0 aromatic heterocycles. The molecule has 4 rings (SSSR count). The Morgan fingerprint density at radius 3 is 1.85 bits per heavy atom. The fraction of sp³-hybridized carbons (Fsp3) is 0. The van der Waals surface area contributed by atoms with Crippen LogP contribution in [0.15, 0.2) is 65.1 Å². The lowest BCUT2D eigenvalue weighted by Crippen LogP contribution is -1.85. The molecule has 0 heterocycles. The largest absolute Gasteiger partial charge is 0.399 e. The number of nitrogen functional groups attached to an aromatic ring is 1. The van der Waals surface area contributed by atoms with Crippen molar-refractivity contribution in [3.8, 4) is 0 Å². The molecule has 0 radical (unpaired) electrons. The Kier molecular flexibility index (Phi) is 2.48. The predicted octanol–water partition coefficient (Wildman–Crippen LogP) is 5.49. The molecular weight excluding hydrogens is 310 g/mol. The Balaban J connectivity index is 2.21. The molecular formula is C18H12BrN. The van der Waals surface area contributed by atoms with Crippen LogP contribution in [-0.2, 0) is 0 Å². The number of halogens is 1. The second-order valence-corrected chi connectivity index (χ2v) is 5.99. The summed E-state index contributed by atoms with van der Waals surface area (Å²) in [6.45, 7) is 0. The van der Waals surface area contributed by atoms with Crippen molar-refractivity contribution in [3.05, 3.63) is 65.1 Å². The van der Waals surface area contributed by atoms with Crippen molar-refractivity contribution in [2.75, 3.05) is 5.73 Å². The topological polar surface area (TPSA) is 26.0 Å². The van der Waals surface area contributed by atoms with Crippen molar-refractivity contribution < 1.29 is 0 Å². The molecule has 20 heavy (non-hydrogen) atoms. The zero-order valence-corrected chi connectivity index (χ0v) is 12.3. The lowest BCUT2D eigenvalue weighted by Gasteiger charge is -2.08. The zero-order valence-electron chi connectivity index (χ0n) is 10.7.